The Bertz CT molecular complexity index is 240. The molecule has 6 heteroatoms. The molecule has 0 saturated carbocycles. The standard InChI is InChI=1S/C12H25F3N2O/c1-9(2)17(7-12(13,14)15)10(3)6-11(4,8-18)16-5/h9-10,16,18H,6-8H2,1-5H3. The molecule has 2 atom stereocenters. The highest BCUT2D eigenvalue weighted by atomic mass is 19.4. The molecule has 0 bridgehead atoms. The quantitative estimate of drug-likeness (QED) is 0.743. The van der Waals surface area contributed by atoms with E-state index in [1.807, 2.05) is 0 Å². The van der Waals surface area contributed by atoms with E-state index >= 15 is 0 Å². The normalized spacial score (nSPS) is 18.2. The minimum Gasteiger partial charge on any atom is -0.394 e. The number of aliphatic hydroxyl groups is 1. The van der Waals surface area contributed by atoms with Gasteiger partial charge in [0, 0.05) is 17.6 Å². The van der Waals surface area contributed by atoms with Gasteiger partial charge in [0.15, 0.2) is 0 Å². The van der Waals surface area contributed by atoms with E-state index in [4.69, 9.17) is 0 Å². The summed E-state index contributed by atoms with van der Waals surface area (Å²) >= 11 is 0. The third-order valence-electron chi connectivity index (χ3n) is 3.29. The summed E-state index contributed by atoms with van der Waals surface area (Å²) in [6, 6.07) is -0.461. The van der Waals surface area contributed by atoms with E-state index in [2.05, 4.69) is 5.32 Å². The van der Waals surface area contributed by atoms with Crippen LogP contribution in [0.25, 0.3) is 0 Å². The maximum atomic E-state index is 12.5. The fourth-order valence-corrected chi connectivity index (χ4v) is 2.07. The summed E-state index contributed by atoms with van der Waals surface area (Å²) < 4.78 is 37.5. The summed E-state index contributed by atoms with van der Waals surface area (Å²) in [5.74, 6) is 0. The Kier molecular flexibility index (Phi) is 6.60. The minimum absolute atomic E-state index is 0.105. The number of halogens is 3. The lowest BCUT2D eigenvalue weighted by Crippen LogP contribution is -2.52. The molecule has 0 rings (SSSR count). The second-order valence-electron chi connectivity index (χ2n) is 5.40. The lowest BCUT2D eigenvalue weighted by molar-refractivity contribution is -0.155. The molecule has 18 heavy (non-hydrogen) atoms. The molecule has 0 aromatic carbocycles. The van der Waals surface area contributed by atoms with Crippen LogP contribution in [0.2, 0.25) is 0 Å². The molecule has 2 N–H and O–H groups in total. The third-order valence-corrected chi connectivity index (χ3v) is 3.29. The van der Waals surface area contributed by atoms with Gasteiger partial charge >= 0.3 is 6.18 Å². The zero-order valence-corrected chi connectivity index (χ0v) is 11.8. The monoisotopic (exact) mass is 270 g/mol. The fourth-order valence-electron chi connectivity index (χ4n) is 2.07. The van der Waals surface area contributed by atoms with Crippen molar-refractivity contribution in [3.63, 3.8) is 0 Å². The van der Waals surface area contributed by atoms with Crippen LogP contribution >= 0.6 is 0 Å². The second-order valence-corrected chi connectivity index (χ2v) is 5.40. The minimum atomic E-state index is -4.20. The first-order valence-corrected chi connectivity index (χ1v) is 6.17. The smallest absolute Gasteiger partial charge is 0.394 e. The Morgan fingerprint density at radius 3 is 2.00 bits per heavy atom. The van der Waals surface area contributed by atoms with Crippen molar-refractivity contribution in [2.75, 3.05) is 20.2 Å². The van der Waals surface area contributed by atoms with Gasteiger partial charge in [0.1, 0.15) is 0 Å². The molecule has 3 nitrogen and oxygen atoms in total. The number of nitrogens with one attached hydrogen (secondary N) is 1. The molecule has 0 spiro atoms. The van der Waals surface area contributed by atoms with Crippen molar-refractivity contribution in [1.82, 2.24) is 10.2 Å². The maximum Gasteiger partial charge on any atom is 0.401 e. The van der Waals surface area contributed by atoms with Gasteiger partial charge in [0.2, 0.25) is 0 Å². The van der Waals surface area contributed by atoms with Crippen molar-refractivity contribution in [2.45, 2.75) is 57.9 Å². The molecule has 0 aliphatic carbocycles. The van der Waals surface area contributed by atoms with E-state index in [1.54, 1.807) is 34.7 Å². The lowest BCUT2D eigenvalue weighted by atomic mass is 9.93. The summed E-state index contributed by atoms with van der Waals surface area (Å²) in [5, 5.41) is 12.2. The summed E-state index contributed by atoms with van der Waals surface area (Å²) in [6.07, 6.45) is -3.75. The molecule has 0 amide bonds. The van der Waals surface area contributed by atoms with Gasteiger partial charge in [-0.1, -0.05) is 0 Å². The van der Waals surface area contributed by atoms with E-state index < -0.39 is 18.3 Å². The molecule has 0 heterocycles. The van der Waals surface area contributed by atoms with Crippen LogP contribution in [0.5, 0.6) is 0 Å². The van der Waals surface area contributed by atoms with Gasteiger partial charge < -0.3 is 10.4 Å². The first-order chi connectivity index (χ1) is 8.04. The second kappa shape index (κ2) is 6.73. The van der Waals surface area contributed by atoms with Crippen molar-refractivity contribution in [3.05, 3.63) is 0 Å². The van der Waals surface area contributed by atoms with Crippen molar-refractivity contribution in [2.24, 2.45) is 0 Å². The molecule has 0 radical (unpaired) electrons. The van der Waals surface area contributed by atoms with E-state index in [0.29, 0.717) is 6.42 Å². The molecular weight excluding hydrogens is 245 g/mol. The molecule has 0 aromatic rings. The zero-order valence-electron chi connectivity index (χ0n) is 11.8. The average molecular weight is 270 g/mol. The van der Waals surface area contributed by atoms with Crippen molar-refractivity contribution >= 4 is 0 Å². The van der Waals surface area contributed by atoms with Crippen molar-refractivity contribution < 1.29 is 18.3 Å². The largest absolute Gasteiger partial charge is 0.401 e. The van der Waals surface area contributed by atoms with Gasteiger partial charge in [0.05, 0.1) is 13.2 Å². The Morgan fingerprint density at radius 1 is 1.22 bits per heavy atom. The molecule has 0 aliphatic rings. The predicted octanol–water partition coefficient (Wildman–Crippen LogP) is 2.01. The van der Waals surface area contributed by atoms with Crippen molar-refractivity contribution in [1.29, 1.82) is 0 Å². The molecule has 2 unspecified atom stereocenters. The van der Waals surface area contributed by atoms with Crippen LogP contribution in [-0.2, 0) is 0 Å². The summed E-state index contributed by atoms with van der Waals surface area (Å²) in [4.78, 5) is 1.41. The molecule has 110 valence electrons. The van der Waals surface area contributed by atoms with Crippen LogP contribution in [0.3, 0.4) is 0 Å². The summed E-state index contributed by atoms with van der Waals surface area (Å²) in [6.45, 7) is 6.03. The molecule has 0 saturated heterocycles. The topological polar surface area (TPSA) is 35.5 Å². The molecule has 0 aliphatic heterocycles. The number of alkyl halides is 3. The Labute approximate surface area is 107 Å². The predicted molar refractivity (Wildman–Crippen MR) is 66.5 cm³/mol. The van der Waals surface area contributed by atoms with Crippen molar-refractivity contribution in [3.8, 4) is 0 Å². The average Bonchev–Trinajstić information content (AvgIpc) is 2.24. The number of hydrogen-bond acceptors (Lipinski definition) is 3. The number of likely N-dealkylation sites (N-methyl/N-ethyl adjacent to an activating group) is 1. The van der Waals surface area contributed by atoms with Crippen LogP contribution < -0.4 is 5.32 Å². The van der Waals surface area contributed by atoms with Gasteiger partial charge in [-0.2, -0.15) is 13.2 Å². The number of nitrogens with zero attached hydrogens (tertiary/aromatic N) is 1. The Hall–Kier alpha value is -0.330. The first-order valence-electron chi connectivity index (χ1n) is 6.17. The SMILES string of the molecule is CNC(C)(CO)CC(C)N(CC(F)(F)F)C(C)C. The lowest BCUT2D eigenvalue weighted by Gasteiger charge is -2.38. The number of aliphatic hydroxyl groups excluding tert-OH is 1. The van der Waals surface area contributed by atoms with E-state index in [-0.39, 0.29) is 18.7 Å². The highest BCUT2D eigenvalue weighted by molar-refractivity contribution is 4.87. The molecular formula is C12H25F3N2O. The highest BCUT2D eigenvalue weighted by Crippen LogP contribution is 2.23. The van der Waals surface area contributed by atoms with Crippen LogP contribution in [0, 0.1) is 0 Å². The maximum absolute atomic E-state index is 12.5. The van der Waals surface area contributed by atoms with E-state index in [1.165, 1.54) is 4.90 Å². The van der Waals surface area contributed by atoms with Gasteiger partial charge in [0.25, 0.3) is 0 Å². The van der Waals surface area contributed by atoms with Gasteiger partial charge in [-0.05, 0) is 41.2 Å². The highest BCUT2D eigenvalue weighted by Gasteiger charge is 2.36. The van der Waals surface area contributed by atoms with Gasteiger partial charge in [-0.15, -0.1) is 0 Å². The van der Waals surface area contributed by atoms with E-state index in [0.717, 1.165) is 0 Å². The fraction of sp³-hybridized carbons (Fsp3) is 1.00. The molecule has 0 aromatic heterocycles. The summed E-state index contributed by atoms with van der Waals surface area (Å²) in [7, 11) is 1.70. The van der Waals surface area contributed by atoms with Crippen LogP contribution in [0.1, 0.15) is 34.1 Å². The van der Waals surface area contributed by atoms with Crippen LogP contribution in [-0.4, -0.2) is 54.0 Å². The number of hydrogen-bond donors (Lipinski definition) is 2. The third kappa shape index (κ3) is 6.02. The van der Waals surface area contributed by atoms with Gasteiger partial charge in [-0.25, -0.2) is 0 Å². The molecule has 0 fully saturated rings. The van der Waals surface area contributed by atoms with Crippen LogP contribution in [0.4, 0.5) is 13.2 Å². The van der Waals surface area contributed by atoms with E-state index in [9.17, 15) is 18.3 Å². The van der Waals surface area contributed by atoms with Gasteiger partial charge in [-0.3, -0.25) is 4.90 Å². The van der Waals surface area contributed by atoms with Crippen LogP contribution in [0.15, 0.2) is 0 Å². The Morgan fingerprint density at radius 2 is 1.72 bits per heavy atom. The Balaban J connectivity index is 4.72. The number of rotatable bonds is 7. The first kappa shape index (κ1) is 17.7. The summed E-state index contributed by atoms with van der Waals surface area (Å²) in [5.41, 5.74) is -0.557. The zero-order chi connectivity index (χ0) is 14.6.